The Hall–Kier alpha value is -4.69. The fourth-order valence-corrected chi connectivity index (χ4v) is 5.00. The number of aromatic nitrogens is 5. The summed E-state index contributed by atoms with van der Waals surface area (Å²) in [5, 5.41) is 12.5. The first kappa shape index (κ1) is 29.8. The Morgan fingerprint density at radius 1 is 1.02 bits per heavy atom. The number of halogens is 1. The Morgan fingerprint density at radius 3 is 2.51 bits per heavy atom. The lowest BCUT2D eigenvalue weighted by atomic mass is 10.1. The summed E-state index contributed by atoms with van der Waals surface area (Å²) in [5.41, 5.74) is 3.83. The SMILES string of the molecule is COc1cnc2c(-c3nc4cc(F)c(O[C@@H](C)[C@@H](C)OC(=O)Nc5cnc(OC[C@H](C)O)nc5)cc4s3)cc(C)cc2n1. The molecule has 0 saturated heterocycles. The lowest BCUT2D eigenvalue weighted by Gasteiger charge is -2.22. The van der Waals surface area contributed by atoms with Gasteiger partial charge in [0.25, 0.3) is 0 Å². The Balaban J connectivity index is 1.26. The van der Waals surface area contributed by atoms with Crippen molar-refractivity contribution in [1.82, 2.24) is 24.9 Å². The van der Waals surface area contributed by atoms with Crippen molar-refractivity contribution in [1.29, 1.82) is 0 Å². The molecule has 0 aliphatic carbocycles. The first-order chi connectivity index (χ1) is 20.6. The van der Waals surface area contributed by atoms with Crippen LogP contribution in [0.25, 0.3) is 31.8 Å². The monoisotopic (exact) mass is 608 g/mol. The number of carbonyl (C=O) groups excluding carboxylic acids is 1. The molecule has 12 nitrogen and oxygen atoms in total. The van der Waals surface area contributed by atoms with Crippen LogP contribution < -0.4 is 19.5 Å². The van der Waals surface area contributed by atoms with Crippen molar-refractivity contribution in [3.63, 3.8) is 0 Å². The van der Waals surface area contributed by atoms with Gasteiger partial charge in [0.2, 0.25) is 5.88 Å². The number of benzene rings is 2. The third-order valence-electron chi connectivity index (χ3n) is 6.25. The van der Waals surface area contributed by atoms with Gasteiger partial charge in [-0.25, -0.2) is 34.1 Å². The molecule has 0 bridgehead atoms. The van der Waals surface area contributed by atoms with Crippen LogP contribution in [0.5, 0.6) is 17.6 Å². The molecule has 3 aromatic heterocycles. The topological polar surface area (TPSA) is 151 Å². The molecule has 1 amide bonds. The highest BCUT2D eigenvalue weighted by atomic mass is 32.1. The van der Waals surface area contributed by atoms with Crippen LogP contribution in [0.1, 0.15) is 26.3 Å². The van der Waals surface area contributed by atoms with Gasteiger partial charge >= 0.3 is 12.1 Å². The van der Waals surface area contributed by atoms with E-state index in [4.69, 9.17) is 18.9 Å². The molecule has 43 heavy (non-hydrogen) atoms. The number of aryl methyl sites for hydroxylation is 1. The lowest BCUT2D eigenvalue weighted by molar-refractivity contribution is 0.0402. The molecule has 0 unspecified atom stereocenters. The molecule has 224 valence electrons. The van der Waals surface area contributed by atoms with Crippen LogP contribution in [-0.4, -0.2) is 68.1 Å². The molecule has 3 heterocycles. The van der Waals surface area contributed by atoms with E-state index < -0.39 is 30.2 Å². The van der Waals surface area contributed by atoms with Gasteiger partial charge in [0, 0.05) is 17.7 Å². The second-order valence-corrected chi connectivity index (χ2v) is 10.9. The van der Waals surface area contributed by atoms with Crippen molar-refractivity contribution >= 4 is 44.4 Å². The largest absolute Gasteiger partial charge is 0.484 e. The maximum absolute atomic E-state index is 15.1. The summed E-state index contributed by atoms with van der Waals surface area (Å²) in [7, 11) is 1.53. The number of nitrogens with one attached hydrogen (secondary N) is 1. The maximum atomic E-state index is 15.1. The first-order valence-electron chi connectivity index (χ1n) is 13.3. The van der Waals surface area contributed by atoms with Gasteiger partial charge in [-0.2, -0.15) is 0 Å². The minimum absolute atomic E-state index is 0.00544. The number of methoxy groups -OCH3 is 1. The van der Waals surface area contributed by atoms with Crippen molar-refractivity contribution < 1.29 is 33.2 Å². The normalized spacial score (nSPS) is 13.4. The minimum atomic E-state index is -0.765. The number of nitrogens with zero attached hydrogens (tertiary/aromatic N) is 5. The number of carbonyl (C=O) groups is 1. The predicted octanol–water partition coefficient (Wildman–Crippen LogP) is 5.32. The summed E-state index contributed by atoms with van der Waals surface area (Å²) >= 11 is 1.37. The average Bonchev–Trinajstić information content (AvgIpc) is 3.38. The summed E-state index contributed by atoms with van der Waals surface area (Å²) in [6, 6.07) is 6.84. The quantitative estimate of drug-likeness (QED) is 0.212. The number of anilines is 1. The van der Waals surface area contributed by atoms with Crippen molar-refractivity contribution in [2.24, 2.45) is 0 Å². The van der Waals surface area contributed by atoms with E-state index in [1.54, 1.807) is 33.0 Å². The molecule has 0 aliphatic heterocycles. The van der Waals surface area contributed by atoms with Crippen molar-refractivity contribution in [3.8, 4) is 28.2 Å². The summed E-state index contributed by atoms with van der Waals surface area (Å²) in [6.07, 6.45) is 1.36. The zero-order valence-corrected chi connectivity index (χ0v) is 24.8. The standard InChI is InChI=1S/C29H29FN6O6S/c1-14-6-19(26-22(7-14)35-25(39-5)12-31-26)27-36-21-8-20(30)23(9-24(21)43-27)41-16(3)17(4)42-29(38)34-18-10-32-28(33-11-18)40-13-15(2)37/h6-12,15-17,37H,13H2,1-5H3,(H,34,38)/t15-,16-,17+/m0/s1. The number of hydrogen-bond acceptors (Lipinski definition) is 12. The van der Waals surface area contributed by atoms with E-state index in [0.717, 1.165) is 11.1 Å². The zero-order chi connectivity index (χ0) is 30.7. The number of ether oxygens (including phenoxy) is 4. The molecular weight excluding hydrogens is 579 g/mol. The molecule has 2 N–H and O–H groups in total. The van der Waals surface area contributed by atoms with Crippen LogP contribution in [-0.2, 0) is 4.74 Å². The minimum Gasteiger partial charge on any atom is -0.484 e. The number of fused-ring (bicyclic) bond motifs is 2. The maximum Gasteiger partial charge on any atom is 0.412 e. The van der Waals surface area contributed by atoms with Crippen LogP contribution >= 0.6 is 11.3 Å². The van der Waals surface area contributed by atoms with Crippen LogP contribution in [0.4, 0.5) is 14.9 Å². The van der Waals surface area contributed by atoms with Gasteiger partial charge in [-0.1, -0.05) is 0 Å². The summed E-state index contributed by atoms with van der Waals surface area (Å²) in [6.45, 7) is 6.86. The van der Waals surface area contributed by atoms with Crippen molar-refractivity contribution in [2.45, 2.75) is 46.0 Å². The second kappa shape index (κ2) is 12.7. The van der Waals surface area contributed by atoms with E-state index in [1.807, 2.05) is 19.1 Å². The Morgan fingerprint density at radius 2 is 1.79 bits per heavy atom. The number of hydrogen-bond donors (Lipinski definition) is 2. The molecule has 3 atom stereocenters. The molecule has 0 spiro atoms. The van der Waals surface area contributed by atoms with E-state index in [1.165, 1.54) is 36.9 Å². The van der Waals surface area contributed by atoms with E-state index in [0.29, 0.717) is 32.1 Å². The fraction of sp³-hybridized carbons (Fsp3) is 0.310. The van der Waals surface area contributed by atoms with Gasteiger partial charge in [-0.05, 0) is 45.4 Å². The van der Waals surface area contributed by atoms with Gasteiger partial charge in [0.15, 0.2) is 11.6 Å². The molecule has 0 fully saturated rings. The van der Waals surface area contributed by atoms with Gasteiger partial charge in [0.05, 0.1) is 58.7 Å². The van der Waals surface area contributed by atoms with Gasteiger partial charge in [0.1, 0.15) is 23.8 Å². The molecule has 5 aromatic rings. The smallest absolute Gasteiger partial charge is 0.412 e. The molecule has 0 aliphatic rings. The number of thiazole rings is 1. The fourth-order valence-electron chi connectivity index (χ4n) is 4.00. The van der Waals surface area contributed by atoms with Crippen LogP contribution in [0, 0.1) is 12.7 Å². The Labute approximate surface area is 249 Å². The highest BCUT2D eigenvalue weighted by molar-refractivity contribution is 7.21. The van der Waals surface area contributed by atoms with E-state index in [9.17, 15) is 9.90 Å². The van der Waals surface area contributed by atoms with E-state index in [2.05, 4.69) is 30.2 Å². The second-order valence-electron chi connectivity index (χ2n) is 9.83. The van der Waals surface area contributed by atoms with E-state index >= 15 is 4.39 Å². The van der Waals surface area contributed by atoms with Crippen molar-refractivity contribution in [3.05, 3.63) is 54.2 Å². The van der Waals surface area contributed by atoms with Crippen LogP contribution in [0.15, 0.2) is 42.9 Å². The molecule has 5 rings (SSSR count). The lowest BCUT2D eigenvalue weighted by Crippen LogP contribution is -2.32. The number of rotatable bonds is 10. The summed E-state index contributed by atoms with van der Waals surface area (Å²) in [4.78, 5) is 34.0. The molecule has 2 aromatic carbocycles. The predicted molar refractivity (Wildman–Crippen MR) is 158 cm³/mol. The van der Waals surface area contributed by atoms with E-state index in [-0.39, 0.29) is 24.1 Å². The first-order valence-corrected chi connectivity index (χ1v) is 14.1. The van der Waals surface area contributed by atoms with Gasteiger partial charge in [-0.15, -0.1) is 11.3 Å². The number of aliphatic hydroxyl groups excluding tert-OH is 1. The molecular formula is C29H29FN6O6S. The number of amides is 1. The van der Waals surface area contributed by atoms with Crippen LogP contribution in [0.2, 0.25) is 0 Å². The molecule has 14 heteroatoms. The molecule has 0 saturated carbocycles. The van der Waals surface area contributed by atoms with Gasteiger partial charge < -0.3 is 24.1 Å². The molecule has 0 radical (unpaired) electrons. The third kappa shape index (κ3) is 7.04. The Kier molecular flexibility index (Phi) is 8.78. The van der Waals surface area contributed by atoms with Crippen LogP contribution in [0.3, 0.4) is 0 Å². The number of aliphatic hydroxyl groups is 1. The summed E-state index contributed by atoms with van der Waals surface area (Å²) < 4.78 is 37.5. The summed E-state index contributed by atoms with van der Waals surface area (Å²) in [5.74, 6) is -0.183. The van der Waals surface area contributed by atoms with Gasteiger partial charge in [-0.3, -0.25) is 5.32 Å². The van der Waals surface area contributed by atoms with Crippen molar-refractivity contribution in [2.75, 3.05) is 19.0 Å². The third-order valence-corrected chi connectivity index (χ3v) is 7.30. The zero-order valence-electron chi connectivity index (χ0n) is 24.0. The Bertz CT molecular complexity index is 1770. The average molecular weight is 609 g/mol. The highest BCUT2D eigenvalue weighted by Gasteiger charge is 2.22. The highest BCUT2D eigenvalue weighted by Crippen LogP contribution is 2.37.